The van der Waals surface area contributed by atoms with Crippen LogP contribution >= 0.6 is 39.7 Å². The summed E-state index contributed by atoms with van der Waals surface area (Å²) >= 11 is 14.8. The fourth-order valence-electron chi connectivity index (χ4n) is 1.70. The van der Waals surface area contributed by atoms with Crippen LogP contribution < -0.4 is 0 Å². The van der Waals surface area contributed by atoms with Crippen molar-refractivity contribution in [2.24, 2.45) is 0 Å². The Hall–Kier alpha value is -0.580. The monoisotopic (exact) mass is 330 g/mol. The molecule has 1 N–H and O–H groups in total. The summed E-state index contributed by atoms with van der Waals surface area (Å²) in [7, 11) is 0. The average molecular weight is 332 g/mol. The summed E-state index contributed by atoms with van der Waals surface area (Å²) in [5, 5.41) is 0.681. The molecule has 2 aromatic rings. The molecular formula is C12H12BrClN2S. The molecule has 0 atom stereocenters. The van der Waals surface area contributed by atoms with Crippen LogP contribution in [0.3, 0.4) is 0 Å². The van der Waals surface area contributed by atoms with Crippen LogP contribution in [0.1, 0.15) is 25.5 Å². The van der Waals surface area contributed by atoms with Gasteiger partial charge in [0.2, 0.25) is 0 Å². The number of benzene rings is 1. The number of rotatable bonds is 2. The number of H-pyrrole nitrogens is 1. The molecule has 0 aliphatic rings. The van der Waals surface area contributed by atoms with Crippen molar-refractivity contribution in [3.8, 4) is 5.69 Å². The second-order valence-electron chi connectivity index (χ2n) is 4.11. The number of aromatic amines is 1. The minimum absolute atomic E-state index is 0.394. The van der Waals surface area contributed by atoms with Gasteiger partial charge < -0.3 is 4.98 Å². The number of hydrogen-bond donors (Lipinski definition) is 1. The molecule has 0 saturated carbocycles. The fraction of sp³-hybridized carbons (Fsp3) is 0.250. The van der Waals surface area contributed by atoms with Gasteiger partial charge in [-0.2, -0.15) is 0 Å². The van der Waals surface area contributed by atoms with Crippen LogP contribution in [0.25, 0.3) is 5.69 Å². The van der Waals surface area contributed by atoms with E-state index in [9.17, 15) is 0 Å². The highest BCUT2D eigenvalue weighted by atomic mass is 79.9. The minimum atomic E-state index is 0.394. The molecule has 17 heavy (non-hydrogen) atoms. The van der Waals surface area contributed by atoms with Gasteiger partial charge in [0, 0.05) is 22.1 Å². The predicted molar refractivity (Wildman–Crippen MR) is 77.8 cm³/mol. The Kier molecular flexibility index (Phi) is 3.76. The van der Waals surface area contributed by atoms with E-state index < -0.39 is 0 Å². The van der Waals surface area contributed by atoms with Gasteiger partial charge in [0.1, 0.15) is 0 Å². The third-order valence-electron chi connectivity index (χ3n) is 2.56. The molecule has 90 valence electrons. The van der Waals surface area contributed by atoms with Crippen LogP contribution in [-0.4, -0.2) is 9.55 Å². The molecule has 1 heterocycles. The average Bonchev–Trinajstić information content (AvgIpc) is 2.64. The first kappa shape index (κ1) is 12.9. The lowest BCUT2D eigenvalue weighted by atomic mass is 10.1. The highest BCUT2D eigenvalue weighted by Gasteiger charge is 2.10. The lowest BCUT2D eigenvalue weighted by Crippen LogP contribution is -2.01. The van der Waals surface area contributed by atoms with Gasteiger partial charge in [-0.05, 0) is 52.3 Å². The topological polar surface area (TPSA) is 20.7 Å². The Morgan fingerprint density at radius 1 is 1.41 bits per heavy atom. The summed E-state index contributed by atoms with van der Waals surface area (Å²) in [6.07, 6.45) is 1.95. The van der Waals surface area contributed by atoms with Crippen molar-refractivity contribution in [2.75, 3.05) is 0 Å². The van der Waals surface area contributed by atoms with Crippen molar-refractivity contribution in [1.29, 1.82) is 0 Å². The first-order chi connectivity index (χ1) is 8.00. The zero-order valence-corrected chi connectivity index (χ0v) is 12.7. The van der Waals surface area contributed by atoms with Crippen molar-refractivity contribution in [1.82, 2.24) is 9.55 Å². The lowest BCUT2D eigenvalue weighted by molar-refractivity contribution is 0.783. The van der Waals surface area contributed by atoms with Crippen LogP contribution in [0, 0.1) is 4.77 Å². The second-order valence-corrected chi connectivity index (χ2v) is 5.76. The molecule has 0 spiro atoms. The van der Waals surface area contributed by atoms with E-state index in [0.29, 0.717) is 15.7 Å². The first-order valence-electron chi connectivity index (χ1n) is 5.26. The molecule has 2 nitrogen and oxygen atoms in total. The quantitative estimate of drug-likeness (QED) is 0.762. The maximum Gasteiger partial charge on any atom is 0.182 e. The molecule has 2 rings (SSSR count). The zero-order valence-electron chi connectivity index (χ0n) is 9.50. The fourth-order valence-corrected chi connectivity index (χ4v) is 2.39. The van der Waals surface area contributed by atoms with Gasteiger partial charge in [-0.1, -0.05) is 25.4 Å². The molecule has 5 heteroatoms. The van der Waals surface area contributed by atoms with Crippen molar-refractivity contribution in [3.05, 3.63) is 44.4 Å². The van der Waals surface area contributed by atoms with Crippen molar-refractivity contribution in [2.45, 2.75) is 19.8 Å². The Labute approximate surface area is 119 Å². The predicted octanol–water partition coefficient (Wildman–Crippen LogP) is 5.07. The number of nitrogens with zero attached hydrogens (tertiary/aromatic N) is 1. The summed E-state index contributed by atoms with van der Waals surface area (Å²) < 4.78 is 3.58. The van der Waals surface area contributed by atoms with E-state index >= 15 is 0 Å². The Balaban J connectivity index is 2.63. The van der Waals surface area contributed by atoms with Crippen LogP contribution in [0.5, 0.6) is 0 Å². The summed E-state index contributed by atoms with van der Waals surface area (Å²) in [6.45, 7) is 4.27. The smallest absolute Gasteiger partial charge is 0.182 e. The van der Waals surface area contributed by atoms with Crippen LogP contribution in [0.2, 0.25) is 5.02 Å². The minimum Gasteiger partial charge on any atom is -0.337 e. The SMILES string of the molecule is CC(C)c1c[nH]c(=S)n1-c1ccc(Br)c(Cl)c1. The second kappa shape index (κ2) is 4.96. The normalized spacial score (nSPS) is 11.1. The molecule has 0 bridgehead atoms. The van der Waals surface area contributed by atoms with E-state index in [1.165, 1.54) is 0 Å². The molecule has 0 radical (unpaired) electrons. The summed E-state index contributed by atoms with van der Waals surface area (Å²) in [5.41, 5.74) is 2.13. The highest BCUT2D eigenvalue weighted by Crippen LogP contribution is 2.27. The molecule has 0 aliphatic carbocycles. The number of hydrogen-bond acceptors (Lipinski definition) is 1. The maximum absolute atomic E-state index is 6.11. The maximum atomic E-state index is 6.11. The Bertz CT molecular complexity index is 601. The number of aromatic nitrogens is 2. The lowest BCUT2D eigenvalue weighted by Gasteiger charge is -2.11. The molecule has 0 saturated heterocycles. The van der Waals surface area contributed by atoms with E-state index in [2.05, 4.69) is 34.8 Å². The number of nitrogens with one attached hydrogen (secondary N) is 1. The third-order valence-corrected chi connectivity index (χ3v) is 4.09. The zero-order chi connectivity index (χ0) is 12.6. The Morgan fingerprint density at radius 2 is 2.12 bits per heavy atom. The summed E-state index contributed by atoms with van der Waals surface area (Å²) in [4.78, 5) is 3.07. The van der Waals surface area contributed by atoms with Gasteiger partial charge in [-0.3, -0.25) is 4.57 Å². The van der Waals surface area contributed by atoms with Gasteiger partial charge in [0.15, 0.2) is 4.77 Å². The van der Waals surface area contributed by atoms with E-state index in [4.69, 9.17) is 23.8 Å². The van der Waals surface area contributed by atoms with Crippen molar-refractivity contribution in [3.63, 3.8) is 0 Å². The summed E-state index contributed by atoms with van der Waals surface area (Å²) in [5.74, 6) is 0.394. The van der Waals surface area contributed by atoms with Gasteiger partial charge in [-0.25, -0.2) is 0 Å². The van der Waals surface area contributed by atoms with Crippen molar-refractivity contribution >= 4 is 39.7 Å². The number of halogens is 2. The van der Waals surface area contributed by atoms with Crippen LogP contribution in [0.15, 0.2) is 28.9 Å². The largest absolute Gasteiger partial charge is 0.337 e. The Morgan fingerprint density at radius 3 is 2.71 bits per heavy atom. The molecule has 1 aromatic carbocycles. The van der Waals surface area contributed by atoms with Crippen molar-refractivity contribution < 1.29 is 0 Å². The molecule has 0 unspecified atom stereocenters. The summed E-state index contributed by atoms with van der Waals surface area (Å²) in [6, 6.07) is 5.82. The first-order valence-corrected chi connectivity index (χ1v) is 6.84. The van der Waals surface area contributed by atoms with E-state index in [1.54, 1.807) is 0 Å². The van der Waals surface area contributed by atoms with E-state index in [1.807, 2.05) is 29.0 Å². The number of imidazole rings is 1. The molecule has 0 aliphatic heterocycles. The van der Waals surface area contributed by atoms with Crippen LogP contribution in [-0.2, 0) is 0 Å². The molecule has 0 amide bonds. The van der Waals surface area contributed by atoms with E-state index in [-0.39, 0.29) is 0 Å². The van der Waals surface area contributed by atoms with Gasteiger partial charge in [0.25, 0.3) is 0 Å². The standard InChI is InChI=1S/C12H12BrClN2S/c1-7(2)11-6-15-12(17)16(11)8-3-4-9(13)10(14)5-8/h3-7H,1-2H3,(H,15,17). The molecule has 0 fully saturated rings. The van der Waals surface area contributed by atoms with E-state index in [0.717, 1.165) is 15.9 Å². The highest BCUT2D eigenvalue weighted by molar-refractivity contribution is 9.10. The van der Waals surface area contributed by atoms with Gasteiger partial charge in [0.05, 0.1) is 5.02 Å². The molecule has 1 aromatic heterocycles. The third kappa shape index (κ3) is 2.49. The molecular weight excluding hydrogens is 320 g/mol. The van der Waals surface area contributed by atoms with Gasteiger partial charge >= 0.3 is 0 Å². The van der Waals surface area contributed by atoms with Gasteiger partial charge in [-0.15, -0.1) is 0 Å². The van der Waals surface area contributed by atoms with Crippen LogP contribution in [0.4, 0.5) is 0 Å².